The van der Waals surface area contributed by atoms with Gasteiger partial charge in [0.15, 0.2) is 0 Å². The monoisotopic (exact) mass is 306 g/mol. The maximum Gasteiger partial charge on any atom is 0.213 e. The van der Waals surface area contributed by atoms with Crippen LogP contribution >= 0.6 is 0 Å². The molecule has 4 bridgehead atoms. The predicted molar refractivity (Wildman–Crippen MR) is 90.2 cm³/mol. The van der Waals surface area contributed by atoms with E-state index in [2.05, 4.69) is 40.2 Å². The first-order valence-electron chi connectivity index (χ1n) is 8.75. The third-order valence-electron chi connectivity index (χ3n) is 5.80. The summed E-state index contributed by atoms with van der Waals surface area (Å²) in [5.74, 6) is 3.12. The van der Waals surface area contributed by atoms with Gasteiger partial charge in [0.1, 0.15) is 6.10 Å². The summed E-state index contributed by atoms with van der Waals surface area (Å²) in [6.07, 6.45) is 5.00. The number of rotatable bonds is 3. The van der Waals surface area contributed by atoms with E-state index >= 15 is 0 Å². The Kier molecular flexibility index (Phi) is 3.15. The number of aromatic nitrogens is 1. The SMILES string of the molecule is c1ccc(-c2ccc(OC3C4CC5CC3CN(C5)C4)nc2)cc1. The molecule has 0 radical (unpaired) electrons. The Balaban J connectivity index is 1.33. The van der Waals surface area contributed by atoms with E-state index < -0.39 is 0 Å². The van der Waals surface area contributed by atoms with Gasteiger partial charge in [0.05, 0.1) is 0 Å². The van der Waals surface area contributed by atoms with Crippen molar-refractivity contribution in [2.75, 3.05) is 19.6 Å². The normalized spacial score (nSPS) is 34.5. The minimum Gasteiger partial charge on any atom is -0.474 e. The molecule has 0 N–H and O–H groups in total. The highest BCUT2D eigenvalue weighted by Crippen LogP contribution is 2.44. The Hall–Kier alpha value is -1.87. The largest absolute Gasteiger partial charge is 0.474 e. The number of nitrogens with zero attached hydrogens (tertiary/aromatic N) is 2. The second-order valence-electron chi connectivity index (χ2n) is 7.41. The summed E-state index contributed by atoms with van der Waals surface area (Å²) < 4.78 is 6.34. The van der Waals surface area contributed by atoms with E-state index in [4.69, 9.17) is 4.74 Å². The molecular weight excluding hydrogens is 284 g/mol. The number of ether oxygens (including phenoxy) is 1. The Morgan fingerprint density at radius 3 is 2.30 bits per heavy atom. The third kappa shape index (κ3) is 2.43. The van der Waals surface area contributed by atoms with Crippen LogP contribution in [0.1, 0.15) is 12.8 Å². The quantitative estimate of drug-likeness (QED) is 0.868. The van der Waals surface area contributed by atoms with Gasteiger partial charge < -0.3 is 9.64 Å². The van der Waals surface area contributed by atoms with Crippen LogP contribution in [-0.2, 0) is 0 Å². The molecule has 1 aromatic carbocycles. The molecule has 2 aromatic rings. The van der Waals surface area contributed by atoms with Crippen molar-refractivity contribution < 1.29 is 4.74 Å². The van der Waals surface area contributed by atoms with Gasteiger partial charge in [0.25, 0.3) is 0 Å². The van der Waals surface area contributed by atoms with Gasteiger partial charge in [-0.15, -0.1) is 0 Å². The van der Waals surface area contributed by atoms with E-state index in [0.717, 1.165) is 17.4 Å². The first-order valence-corrected chi connectivity index (χ1v) is 8.75. The van der Waals surface area contributed by atoms with Crippen LogP contribution in [0.2, 0.25) is 0 Å². The second-order valence-corrected chi connectivity index (χ2v) is 7.41. The van der Waals surface area contributed by atoms with Gasteiger partial charge in [-0.1, -0.05) is 30.3 Å². The molecule has 2 atom stereocenters. The lowest BCUT2D eigenvalue weighted by Gasteiger charge is -2.55. The van der Waals surface area contributed by atoms with E-state index in [9.17, 15) is 0 Å². The standard InChI is InChI=1S/C20H22N2O/c1-2-4-15(5-3-1)16-6-7-19(21-10-16)23-20-17-8-14-9-18(20)13-22(11-14)12-17/h1-7,10,14,17-18,20H,8-9,11-13H2. The van der Waals surface area contributed by atoms with Crippen molar-refractivity contribution in [3.05, 3.63) is 48.7 Å². The van der Waals surface area contributed by atoms with E-state index in [1.807, 2.05) is 18.3 Å². The average molecular weight is 306 g/mol. The van der Waals surface area contributed by atoms with Crippen LogP contribution in [0.3, 0.4) is 0 Å². The fourth-order valence-electron chi connectivity index (χ4n) is 4.95. The van der Waals surface area contributed by atoms with Crippen LogP contribution < -0.4 is 4.74 Å². The molecule has 118 valence electrons. The lowest BCUT2D eigenvalue weighted by molar-refractivity contribution is -0.0997. The molecule has 6 rings (SSSR count). The second kappa shape index (κ2) is 5.34. The van der Waals surface area contributed by atoms with Crippen molar-refractivity contribution in [2.45, 2.75) is 18.9 Å². The fraction of sp³-hybridized carbons (Fsp3) is 0.450. The fourth-order valence-corrected chi connectivity index (χ4v) is 4.95. The van der Waals surface area contributed by atoms with Gasteiger partial charge in [0, 0.05) is 49.3 Å². The molecule has 4 fully saturated rings. The van der Waals surface area contributed by atoms with Crippen LogP contribution in [-0.4, -0.2) is 35.6 Å². The van der Waals surface area contributed by atoms with E-state index in [0.29, 0.717) is 17.9 Å². The molecule has 3 saturated heterocycles. The van der Waals surface area contributed by atoms with Gasteiger partial charge in [-0.25, -0.2) is 4.98 Å². The van der Waals surface area contributed by atoms with Crippen molar-refractivity contribution >= 4 is 0 Å². The van der Waals surface area contributed by atoms with Crippen molar-refractivity contribution in [1.29, 1.82) is 0 Å². The lowest BCUT2D eigenvalue weighted by atomic mass is 9.66. The van der Waals surface area contributed by atoms with Gasteiger partial charge >= 0.3 is 0 Å². The maximum absolute atomic E-state index is 6.34. The Morgan fingerprint density at radius 1 is 0.870 bits per heavy atom. The van der Waals surface area contributed by atoms with Gasteiger partial charge in [0.2, 0.25) is 5.88 Å². The molecule has 1 aliphatic carbocycles. The molecule has 1 saturated carbocycles. The minimum absolute atomic E-state index is 0.373. The molecule has 3 aliphatic heterocycles. The highest BCUT2D eigenvalue weighted by molar-refractivity contribution is 5.62. The Labute approximate surface area is 137 Å². The molecule has 0 amide bonds. The van der Waals surface area contributed by atoms with Crippen molar-refractivity contribution in [1.82, 2.24) is 9.88 Å². The maximum atomic E-state index is 6.34. The zero-order valence-electron chi connectivity index (χ0n) is 13.3. The van der Waals surface area contributed by atoms with Gasteiger partial charge in [-0.3, -0.25) is 0 Å². The first-order chi connectivity index (χ1) is 11.3. The summed E-state index contributed by atoms with van der Waals surface area (Å²) in [5.41, 5.74) is 2.35. The van der Waals surface area contributed by atoms with Crippen molar-refractivity contribution in [2.24, 2.45) is 17.8 Å². The molecule has 23 heavy (non-hydrogen) atoms. The third-order valence-corrected chi connectivity index (χ3v) is 5.80. The molecule has 3 heteroatoms. The molecule has 3 nitrogen and oxygen atoms in total. The highest BCUT2D eigenvalue weighted by atomic mass is 16.5. The molecule has 4 heterocycles. The number of piperidine rings is 3. The zero-order chi connectivity index (χ0) is 15.2. The molecule has 0 spiro atoms. The number of hydrogen-bond acceptors (Lipinski definition) is 3. The van der Waals surface area contributed by atoms with Gasteiger partial charge in [-0.05, 0) is 30.4 Å². The van der Waals surface area contributed by atoms with Crippen LogP contribution in [0.15, 0.2) is 48.7 Å². The molecule has 1 aromatic heterocycles. The van der Waals surface area contributed by atoms with Crippen LogP contribution in [0.25, 0.3) is 11.1 Å². The topological polar surface area (TPSA) is 25.4 Å². The number of pyridine rings is 1. The average Bonchev–Trinajstić information content (AvgIpc) is 2.59. The summed E-state index contributed by atoms with van der Waals surface area (Å²) >= 11 is 0. The Morgan fingerprint density at radius 2 is 1.65 bits per heavy atom. The summed E-state index contributed by atoms with van der Waals surface area (Å²) in [6.45, 7) is 3.77. The highest BCUT2D eigenvalue weighted by Gasteiger charge is 2.48. The molecular formula is C20H22N2O. The lowest BCUT2D eigenvalue weighted by Crippen LogP contribution is -2.61. The molecule has 2 unspecified atom stereocenters. The molecule has 4 aliphatic rings. The van der Waals surface area contributed by atoms with Crippen LogP contribution in [0.4, 0.5) is 0 Å². The minimum atomic E-state index is 0.373. The zero-order valence-corrected chi connectivity index (χ0v) is 13.3. The smallest absolute Gasteiger partial charge is 0.213 e. The van der Waals surface area contributed by atoms with E-state index in [1.165, 1.54) is 38.0 Å². The predicted octanol–water partition coefficient (Wildman–Crippen LogP) is 3.47. The summed E-state index contributed by atoms with van der Waals surface area (Å²) in [4.78, 5) is 7.21. The summed E-state index contributed by atoms with van der Waals surface area (Å²) in [5, 5.41) is 0. The Bertz CT molecular complexity index is 655. The first kappa shape index (κ1) is 13.6. The number of benzene rings is 1. The summed E-state index contributed by atoms with van der Waals surface area (Å²) in [6, 6.07) is 14.5. The summed E-state index contributed by atoms with van der Waals surface area (Å²) in [7, 11) is 0. The van der Waals surface area contributed by atoms with Crippen molar-refractivity contribution in [3.8, 4) is 17.0 Å². The van der Waals surface area contributed by atoms with Crippen LogP contribution in [0, 0.1) is 17.8 Å². The van der Waals surface area contributed by atoms with Crippen LogP contribution in [0.5, 0.6) is 5.88 Å². The van der Waals surface area contributed by atoms with Crippen molar-refractivity contribution in [3.63, 3.8) is 0 Å². The van der Waals surface area contributed by atoms with E-state index in [-0.39, 0.29) is 0 Å². The number of hydrogen-bond donors (Lipinski definition) is 0. The van der Waals surface area contributed by atoms with E-state index in [1.54, 1.807) is 0 Å². The van der Waals surface area contributed by atoms with Gasteiger partial charge in [-0.2, -0.15) is 0 Å².